The molecule has 0 radical (unpaired) electrons. The van der Waals surface area contributed by atoms with Gasteiger partial charge in [-0.25, -0.2) is 0 Å². The van der Waals surface area contributed by atoms with Crippen LogP contribution in [0.4, 0.5) is 0 Å². The maximum atomic E-state index is 9.86. The Morgan fingerprint density at radius 1 is 0.632 bits per heavy atom. The first kappa shape index (κ1) is 22.0. The Morgan fingerprint density at radius 2 is 0.842 bits per heavy atom. The maximum absolute atomic E-state index is 9.86. The molecule has 110 valence electrons. The normalized spacial score (nSPS) is 8.63. The number of hydrogen-bond acceptors (Lipinski definition) is 6. The zero-order valence-corrected chi connectivity index (χ0v) is 17.3. The topological polar surface area (TPSA) is 122 Å². The van der Waals surface area contributed by atoms with Crippen molar-refractivity contribution in [1.29, 1.82) is 0 Å². The zero-order valence-electron chi connectivity index (χ0n) is 10.9. The molecule has 0 bridgehead atoms. The van der Waals surface area contributed by atoms with E-state index in [9.17, 15) is 9.59 Å². The van der Waals surface area contributed by atoms with Gasteiger partial charge in [-0.05, 0) is 0 Å². The average Bonchev–Trinajstić information content (AvgIpc) is 2.39. The van der Waals surface area contributed by atoms with Gasteiger partial charge in [0.25, 0.3) is 0 Å². The van der Waals surface area contributed by atoms with E-state index in [1.807, 2.05) is 0 Å². The van der Waals surface area contributed by atoms with Gasteiger partial charge in [0.1, 0.15) is 0 Å². The minimum Gasteiger partial charge on any atom is -0.520 e. The van der Waals surface area contributed by atoms with Crippen LogP contribution in [-0.4, -0.2) is 95.7 Å². The van der Waals surface area contributed by atoms with Gasteiger partial charge in [-0.15, -0.1) is 0 Å². The summed E-state index contributed by atoms with van der Waals surface area (Å²) in [6.07, 6.45) is 3.13. The van der Waals surface area contributed by atoms with Gasteiger partial charge in [-0.1, -0.05) is 0 Å². The van der Waals surface area contributed by atoms with E-state index in [0.717, 1.165) is 0 Å². The summed E-state index contributed by atoms with van der Waals surface area (Å²) in [4.78, 5) is 22.1. The molecule has 0 aliphatic carbocycles. The molecule has 0 atom stereocenters. The summed E-state index contributed by atoms with van der Waals surface area (Å²) in [7, 11) is 0. The third kappa shape index (κ3) is 15.8. The molecule has 0 saturated carbocycles. The summed E-state index contributed by atoms with van der Waals surface area (Å²) in [5.41, 5.74) is 0. The van der Waals surface area contributed by atoms with Crippen molar-refractivity contribution in [1.82, 2.24) is 9.80 Å². The van der Waals surface area contributed by atoms with E-state index in [4.69, 9.17) is 20.4 Å². The summed E-state index contributed by atoms with van der Waals surface area (Å²) >= 11 is 0. The van der Waals surface area contributed by atoms with Crippen molar-refractivity contribution in [2.75, 3.05) is 52.6 Å². The average molecular weight is 531 g/mol. The molecule has 19 heavy (non-hydrogen) atoms. The van der Waals surface area contributed by atoms with Crippen LogP contribution in [0, 0.1) is 0 Å². The van der Waals surface area contributed by atoms with Gasteiger partial charge < -0.3 is 39.8 Å². The number of carbonyl (C=O) groups excluding carboxylic acids is 2. The van der Waals surface area contributed by atoms with Gasteiger partial charge in [0, 0.05) is 26.2 Å². The van der Waals surface area contributed by atoms with E-state index in [0.29, 0.717) is 0 Å². The van der Waals surface area contributed by atoms with Crippen LogP contribution in [0.5, 0.6) is 0 Å². The first-order valence-electron chi connectivity index (χ1n) is 5.39. The minimum atomic E-state index is -0.0881. The Hall–Kier alpha value is -2.22. The molecule has 0 heterocycles. The van der Waals surface area contributed by atoms with Gasteiger partial charge in [0.15, 0.2) is 0 Å². The van der Waals surface area contributed by atoms with Gasteiger partial charge in [0.2, 0.25) is 0 Å². The zero-order chi connectivity index (χ0) is 14.2. The van der Waals surface area contributed by atoms with Crippen LogP contribution in [0.15, 0.2) is 0 Å². The molecule has 0 aromatic carbocycles. The number of hydrogen-bond donors (Lipinski definition) is 4. The van der Waals surface area contributed by atoms with Crippen LogP contribution in [0.1, 0.15) is 0 Å². The monoisotopic (exact) mass is 531 g/mol. The fraction of sp³-hybridized carbons (Fsp3) is 0.800. The SMILES string of the molecule is O=[C-]N(CCO)CCO.O=[C-]N(CCO)CCO.[Rf]. The van der Waals surface area contributed by atoms with Crippen LogP contribution in [0.3, 0.4) is 0 Å². The van der Waals surface area contributed by atoms with E-state index >= 15 is 0 Å². The van der Waals surface area contributed by atoms with Crippen molar-refractivity contribution in [3.63, 3.8) is 0 Å². The van der Waals surface area contributed by atoms with E-state index in [1.165, 1.54) is 9.80 Å². The summed E-state index contributed by atoms with van der Waals surface area (Å²) in [5.74, 6) is 0. The molecule has 8 nitrogen and oxygen atoms in total. The third-order valence-electron chi connectivity index (χ3n) is 1.74. The van der Waals surface area contributed by atoms with Crippen LogP contribution in [-0.2, 0) is 9.59 Å². The van der Waals surface area contributed by atoms with Gasteiger partial charge in [-0.3, -0.25) is 0 Å². The summed E-state index contributed by atoms with van der Waals surface area (Å²) in [6.45, 7) is 0.608. The maximum Gasteiger partial charge on any atom is 0.0581 e. The van der Waals surface area contributed by atoms with Crippen molar-refractivity contribution in [3.8, 4) is 0 Å². The largest absolute Gasteiger partial charge is 0.520 e. The standard InChI is InChI=1S/2C5H10NO3.Rf/c2*7-3-1-6(5-9)2-4-8;/h2*7-8H,1-4H2;/q2*-1;. The molecule has 0 unspecified atom stereocenters. The molecule has 4 N–H and O–H groups in total. The second-order valence-electron chi connectivity index (χ2n) is 3.05. The minimum absolute atomic E-state index is 0. The van der Waals surface area contributed by atoms with Crippen LogP contribution in [0.2, 0.25) is 0 Å². The van der Waals surface area contributed by atoms with Crippen LogP contribution < -0.4 is 0 Å². The second-order valence-corrected chi connectivity index (χ2v) is 3.05. The van der Waals surface area contributed by atoms with Crippen molar-refractivity contribution < 1.29 is 30.0 Å². The van der Waals surface area contributed by atoms with E-state index in [1.54, 1.807) is 12.8 Å². The number of rotatable bonds is 10. The molecule has 2 amide bonds. The smallest absolute Gasteiger partial charge is 0.0581 e. The Bertz CT molecular complexity index is 167. The van der Waals surface area contributed by atoms with Crippen molar-refractivity contribution in [2.45, 2.75) is 0 Å². The number of amides is 2. The molecule has 9 heteroatoms. The first-order chi connectivity index (χ1) is 8.69. The summed E-state index contributed by atoms with van der Waals surface area (Å²) in [6, 6.07) is 0. The van der Waals surface area contributed by atoms with E-state index in [-0.39, 0.29) is 52.6 Å². The molecule has 0 aromatic heterocycles. The fourth-order valence-corrected chi connectivity index (χ4v) is 0.889. The Kier molecular flexibility index (Phi) is 21.0. The Labute approximate surface area is 106 Å². The summed E-state index contributed by atoms with van der Waals surface area (Å²) in [5, 5.41) is 33.2. The molecule has 0 rings (SSSR count). The van der Waals surface area contributed by atoms with Crippen LogP contribution in [0.25, 0.3) is 0 Å². The number of aliphatic hydroxyl groups is 4. The van der Waals surface area contributed by atoms with E-state index < -0.39 is 0 Å². The van der Waals surface area contributed by atoms with Gasteiger partial charge in [0.05, 0.1) is 26.4 Å². The predicted molar refractivity (Wildman–Crippen MR) is 62.9 cm³/mol. The van der Waals surface area contributed by atoms with Crippen LogP contribution >= 0.6 is 0 Å². The fourth-order valence-electron chi connectivity index (χ4n) is 0.889. The quantitative estimate of drug-likeness (QED) is 0.173. The van der Waals surface area contributed by atoms with Crippen molar-refractivity contribution in [2.24, 2.45) is 0 Å². The van der Waals surface area contributed by atoms with Gasteiger partial charge in [-0.2, -0.15) is 12.8 Å². The predicted octanol–water partition coefficient (Wildman–Crippen LogP) is -3.32. The molecule has 0 aliphatic heterocycles. The molecule has 0 aromatic rings. The summed E-state index contributed by atoms with van der Waals surface area (Å²) < 4.78 is 0. The van der Waals surface area contributed by atoms with Crippen molar-refractivity contribution >= 4 is 12.8 Å². The molecular weight excluding hydrogens is 511 g/mol. The molecule has 0 fully saturated rings. The first-order valence-corrected chi connectivity index (χ1v) is 5.39. The molecular formula is C10H20N2O6Rf-2. The Balaban J connectivity index is -0.000000256. The number of aliphatic hydroxyl groups excluding tert-OH is 4. The third-order valence-corrected chi connectivity index (χ3v) is 1.74. The molecule has 0 saturated heterocycles. The van der Waals surface area contributed by atoms with Gasteiger partial charge >= 0.3 is 0 Å². The van der Waals surface area contributed by atoms with E-state index in [2.05, 4.69) is 0 Å². The number of nitrogens with zero attached hydrogens (tertiary/aromatic N) is 2. The second kappa shape index (κ2) is 18.2. The molecule has 0 spiro atoms. The van der Waals surface area contributed by atoms with Crippen molar-refractivity contribution in [3.05, 3.63) is 0 Å². The molecule has 0 aliphatic rings. The Morgan fingerprint density at radius 3 is 0.947 bits per heavy atom.